The highest BCUT2D eigenvalue weighted by molar-refractivity contribution is 7.07. The van der Waals surface area contributed by atoms with Crippen LogP contribution in [-0.4, -0.2) is 23.8 Å². The lowest BCUT2D eigenvalue weighted by Crippen LogP contribution is -2.40. The third-order valence-electron chi connectivity index (χ3n) is 6.11. The molecular formula is C29H24Cl2N2O5S. The first kappa shape index (κ1) is 27.0. The zero-order chi connectivity index (χ0) is 27.8. The van der Waals surface area contributed by atoms with E-state index in [4.69, 9.17) is 37.1 Å². The predicted octanol–water partition coefficient (Wildman–Crippen LogP) is 5.76. The lowest BCUT2D eigenvalue weighted by atomic mass is 9.96. The molecule has 1 aliphatic rings. The highest BCUT2D eigenvalue weighted by Crippen LogP contribution is 2.33. The molecule has 1 atom stereocenters. The highest BCUT2D eigenvalue weighted by Gasteiger charge is 2.33. The Balaban J connectivity index is 1.63. The molecule has 1 unspecified atom stereocenters. The van der Waals surface area contributed by atoms with Crippen molar-refractivity contribution in [1.29, 1.82) is 0 Å². The number of benzene rings is 2. The van der Waals surface area contributed by atoms with E-state index in [0.717, 1.165) is 5.56 Å². The van der Waals surface area contributed by atoms with Gasteiger partial charge in [0.25, 0.3) is 5.56 Å². The first-order valence-corrected chi connectivity index (χ1v) is 13.7. The second-order valence-corrected chi connectivity index (χ2v) is 11.0. The van der Waals surface area contributed by atoms with Crippen LogP contribution in [0.5, 0.6) is 5.75 Å². The fourth-order valence-electron chi connectivity index (χ4n) is 4.35. The number of allylic oxidation sites excluding steroid dienone is 1. The summed E-state index contributed by atoms with van der Waals surface area (Å²) in [7, 11) is 1.58. The molecule has 1 aliphatic heterocycles. The minimum absolute atomic E-state index is 0.305. The zero-order valence-electron chi connectivity index (χ0n) is 21.5. The molecule has 5 rings (SSSR count). The minimum Gasteiger partial charge on any atom is -0.497 e. The van der Waals surface area contributed by atoms with Crippen LogP contribution in [-0.2, 0) is 9.53 Å². The number of nitrogens with zero attached hydrogens (tertiary/aromatic N) is 2. The average Bonchev–Trinajstić information content (AvgIpc) is 3.48. The van der Waals surface area contributed by atoms with Crippen LogP contribution < -0.4 is 19.6 Å². The average molecular weight is 583 g/mol. The molecule has 4 aromatic rings. The normalized spacial score (nSPS) is 15.4. The number of carbonyl (C=O) groups is 1. The van der Waals surface area contributed by atoms with Crippen LogP contribution in [0.2, 0.25) is 10.0 Å². The quantitative estimate of drug-likeness (QED) is 0.270. The number of thiazole rings is 1. The van der Waals surface area contributed by atoms with E-state index in [-0.39, 0.29) is 11.7 Å². The number of ether oxygens (including phenoxy) is 2. The van der Waals surface area contributed by atoms with Crippen LogP contribution in [0.3, 0.4) is 0 Å². The molecule has 2 aromatic heterocycles. The summed E-state index contributed by atoms with van der Waals surface area (Å²) in [6.07, 6.45) is 1.32. The summed E-state index contributed by atoms with van der Waals surface area (Å²) >= 11 is 13.7. The summed E-state index contributed by atoms with van der Waals surface area (Å²) in [5.41, 5.74) is 1.87. The molecule has 0 spiro atoms. The first-order chi connectivity index (χ1) is 18.7. The van der Waals surface area contributed by atoms with Crippen molar-refractivity contribution < 1.29 is 18.7 Å². The van der Waals surface area contributed by atoms with E-state index in [2.05, 4.69) is 4.99 Å². The molecule has 3 heterocycles. The fraction of sp³-hybridized carbons (Fsp3) is 0.207. The second kappa shape index (κ2) is 10.9. The number of fused-ring (bicyclic) bond motifs is 1. The van der Waals surface area contributed by atoms with Gasteiger partial charge in [0.2, 0.25) is 0 Å². The molecule has 0 saturated heterocycles. The molecule has 2 aromatic carbocycles. The Labute approximate surface area is 238 Å². The van der Waals surface area contributed by atoms with Gasteiger partial charge in [0, 0.05) is 16.7 Å². The first-order valence-electron chi connectivity index (χ1n) is 12.1. The van der Waals surface area contributed by atoms with Crippen LogP contribution in [0.15, 0.2) is 80.1 Å². The van der Waals surface area contributed by atoms with Crippen molar-refractivity contribution in [3.8, 4) is 17.1 Å². The van der Waals surface area contributed by atoms with E-state index in [1.165, 1.54) is 15.9 Å². The van der Waals surface area contributed by atoms with Gasteiger partial charge in [0.05, 0.1) is 40.1 Å². The Morgan fingerprint density at radius 1 is 1.13 bits per heavy atom. The van der Waals surface area contributed by atoms with Crippen molar-refractivity contribution in [2.75, 3.05) is 7.11 Å². The number of carbonyl (C=O) groups excluding carboxylic acids is 1. The molecule has 0 aliphatic carbocycles. The molecule has 7 nitrogen and oxygen atoms in total. The summed E-state index contributed by atoms with van der Waals surface area (Å²) in [6.45, 7) is 5.30. The maximum Gasteiger partial charge on any atom is 0.338 e. The molecule has 10 heteroatoms. The SMILES string of the molecule is COc1ccc(C2C(C(=O)OC(C)C)=C(C)N=c3s/c(=C/c4ccc(-c5cc(Cl)ccc5Cl)o4)c(=O)n32)cc1. The Morgan fingerprint density at radius 2 is 1.87 bits per heavy atom. The number of methoxy groups -OCH3 is 1. The number of furan rings is 1. The number of aromatic nitrogens is 1. The number of esters is 1. The molecule has 0 N–H and O–H groups in total. The topological polar surface area (TPSA) is 83.0 Å². The molecule has 0 bridgehead atoms. The van der Waals surface area contributed by atoms with Gasteiger partial charge in [0.1, 0.15) is 17.3 Å². The number of hydrogen-bond donors (Lipinski definition) is 0. The molecule has 0 fully saturated rings. The number of rotatable bonds is 6. The van der Waals surface area contributed by atoms with Gasteiger partial charge in [-0.1, -0.05) is 46.7 Å². The second-order valence-electron chi connectivity index (χ2n) is 9.14. The maximum absolute atomic E-state index is 13.8. The Morgan fingerprint density at radius 3 is 2.56 bits per heavy atom. The molecule has 39 heavy (non-hydrogen) atoms. The Hall–Kier alpha value is -3.59. The van der Waals surface area contributed by atoms with Crippen molar-refractivity contribution in [3.63, 3.8) is 0 Å². The fourth-order valence-corrected chi connectivity index (χ4v) is 5.76. The van der Waals surface area contributed by atoms with Gasteiger partial charge in [-0.05, 0) is 68.8 Å². The van der Waals surface area contributed by atoms with Gasteiger partial charge in [-0.15, -0.1) is 0 Å². The van der Waals surface area contributed by atoms with Crippen molar-refractivity contribution >= 4 is 46.6 Å². The minimum atomic E-state index is -0.724. The van der Waals surface area contributed by atoms with Crippen molar-refractivity contribution in [2.24, 2.45) is 4.99 Å². The smallest absolute Gasteiger partial charge is 0.338 e. The lowest BCUT2D eigenvalue weighted by molar-refractivity contribution is -0.143. The Kier molecular flexibility index (Phi) is 7.53. The summed E-state index contributed by atoms with van der Waals surface area (Å²) in [5, 5.41) is 1.02. The summed E-state index contributed by atoms with van der Waals surface area (Å²) < 4.78 is 18.8. The largest absolute Gasteiger partial charge is 0.497 e. The van der Waals surface area contributed by atoms with Crippen LogP contribution in [0, 0.1) is 0 Å². The predicted molar refractivity (Wildman–Crippen MR) is 152 cm³/mol. The van der Waals surface area contributed by atoms with E-state index in [0.29, 0.717) is 53.5 Å². The monoisotopic (exact) mass is 582 g/mol. The van der Waals surface area contributed by atoms with Gasteiger partial charge >= 0.3 is 5.97 Å². The van der Waals surface area contributed by atoms with Gasteiger partial charge in [-0.25, -0.2) is 9.79 Å². The van der Waals surface area contributed by atoms with Crippen molar-refractivity contribution in [3.05, 3.63) is 107 Å². The van der Waals surface area contributed by atoms with E-state index in [1.807, 2.05) is 12.1 Å². The summed E-state index contributed by atoms with van der Waals surface area (Å²) in [4.78, 5) is 32.1. The number of hydrogen-bond acceptors (Lipinski definition) is 7. The third-order valence-corrected chi connectivity index (χ3v) is 7.66. The van der Waals surface area contributed by atoms with Gasteiger partial charge in [-0.2, -0.15) is 0 Å². The van der Waals surface area contributed by atoms with Crippen LogP contribution in [0.4, 0.5) is 0 Å². The van der Waals surface area contributed by atoms with E-state index < -0.39 is 12.0 Å². The third kappa shape index (κ3) is 5.32. The molecule has 0 saturated carbocycles. The van der Waals surface area contributed by atoms with Crippen molar-refractivity contribution in [1.82, 2.24) is 4.57 Å². The van der Waals surface area contributed by atoms with E-state index in [9.17, 15) is 9.59 Å². The maximum atomic E-state index is 13.8. The van der Waals surface area contributed by atoms with Crippen LogP contribution >= 0.6 is 34.5 Å². The molecule has 0 amide bonds. The Bertz CT molecular complexity index is 1780. The van der Waals surface area contributed by atoms with Gasteiger partial charge in [0.15, 0.2) is 4.80 Å². The van der Waals surface area contributed by atoms with Crippen molar-refractivity contribution in [2.45, 2.75) is 32.9 Å². The zero-order valence-corrected chi connectivity index (χ0v) is 23.9. The number of halogens is 2. The van der Waals surface area contributed by atoms with Gasteiger partial charge in [-0.3, -0.25) is 9.36 Å². The summed E-state index contributed by atoms with van der Waals surface area (Å²) in [5.74, 6) is 1.12. The van der Waals surface area contributed by atoms with Crippen LogP contribution in [0.25, 0.3) is 17.4 Å². The van der Waals surface area contributed by atoms with Crippen LogP contribution in [0.1, 0.15) is 38.1 Å². The highest BCUT2D eigenvalue weighted by atomic mass is 35.5. The molecule has 200 valence electrons. The molecular weight excluding hydrogens is 559 g/mol. The molecule has 0 radical (unpaired) electrons. The lowest BCUT2D eigenvalue weighted by Gasteiger charge is -2.25. The van der Waals surface area contributed by atoms with E-state index in [1.54, 1.807) is 76.4 Å². The summed E-state index contributed by atoms with van der Waals surface area (Å²) in [6, 6.07) is 15.1. The van der Waals surface area contributed by atoms with E-state index >= 15 is 0 Å². The standard InChI is InChI=1S/C29H24Cl2N2O5S/c1-15(2)37-28(35)25-16(3)32-29-33(26(25)17-5-8-19(36-4)9-6-17)27(34)24(39-29)14-20-10-12-23(38-20)21-13-18(30)7-11-22(21)31/h5-15,26H,1-4H3/b24-14+. The van der Waals surface area contributed by atoms with Gasteiger partial charge < -0.3 is 13.9 Å².